The molecule has 1 aliphatic rings. The highest BCUT2D eigenvalue weighted by atomic mass is 79.9. The number of nitrogens with two attached hydrogens (primary N) is 1. The van der Waals surface area contributed by atoms with Crippen molar-refractivity contribution in [3.63, 3.8) is 0 Å². The molecule has 0 unspecified atom stereocenters. The molecule has 0 aliphatic heterocycles. The zero-order valence-corrected chi connectivity index (χ0v) is 10.4. The van der Waals surface area contributed by atoms with Crippen LogP contribution in [0, 0.1) is 10.1 Å². The van der Waals surface area contributed by atoms with Crippen molar-refractivity contribution < 1.29 is 4.92 Å². The molecule has 0 atom stereocenters. The standard InChI is InChI=1S/C11H13BrN2O2/c12-10-6-8(14(15)16)2-3-9(10)11(7-13)4-1-5-11/h2-3,6H,1,4-5,7,13H2. The molecule has 16 heavy (non-hydrogen) atoms. The molecular weight excluding hydrogens is 272 g/mol. The van der Waals surface area contributed by atoms with Gasteiger partial charge in [0, 0.05) is 28.6 Å². The van der Waals surface area contributed by atoms with Gasteiger partial charge in [-0.3, -0.25) is 10.1 Å². The molecule has 2 rings (SSSR count). The number of non-ortho nitro benzene ring substituents is 1. The maximum atomic E-state index is 10.6. The molecule has 0 bridgehead atoms. The molecule has 1 saturated carbocycles. The second-order valence-electron chi connectivity index (χ2n) is 4.26. The summed E-state index contributed by atoms with van der Waals surface area (Å²) in [5, 5.41) is 10.6. The SMILES string of the molecule is NCC1(c2ccc([N+](=O)[O-])cc2Br)CCC1. The van der Waals surface area contributed by atoms with Gasteiger partial charge in [0.15, 0.2) is 0 Å². The van der Waals surface area contributed by atoms with E-state index in [1.807, 2.05) is 6.07 Å². The smallest absolute Gasteiger partial charge is 0.270 e. The van der Waals surface area contributed by atoms with Crippen LogP contribution in [0.4, 0.5) is 5.69 Å². The largest absolute Gasteiger partial charge is 0.330 e. The lowest BCUT2D eigenvalue weighted by Gasteiger charge is -2.42. The highest BCUT2D eigenvalue weighted by Crippen LogP contribution is 2.46. The van der Waals surface area contributed by atoms with Crippen molar-refractivity contribution in [2.24, 2.45) is 5.73 Å². The minimum absolute atomic E-state index is 0.0357. The van der Waals surface area contributed by atoms with E-state index < -0.39 is 0 Å². The van der Waals surface area contributed by atoms with E-state index in [0.29, 0.717) is 6.54 Å². The zero-order valence-electron chi connectivity index (χ0n) is 8.78. The fraction of sp³-hybridized carbons (Fsp3) is 0.455. The van der Waals surface area contributed by atoms with Gasteiger partial charge in [-0.1, -0.05) is 28.4 Å². The zero-order chi connectivity index (χ0) is 11.8. The molecule has 0 spiro atoms. The monoisotopic (exact) mass is 284 g/mol. The average molecular weight is 285 g/mol. The lowest BCUT2D eigenvalue weighted by molar-refractivity contribution is -0.385. The van der Waals surface area contributed by atoms with E-state index in [1.165, 1.54) is 6.42 Å². The number of halogens is 1. The minimum Gasteiger partial charge on any atom is -0.330 e. The topological polar surface area (TPSA) is 69.2 Å². The van der Waals surface area contributed by atoms with Gasteiger partial charge in [0.25, 0.3) is 5.69 Å². The first kappa shape index (κ1) is 11.5. The predicted molar refractivity (Wildman–Crippen MR) is 65.4 cm³/mol. The number of hydrogen-bond acceptors (Lipinski definition) is 3. The van der Waals surface area contributed by atoms with E-state index in [1.54, 1.807) is 12.1 Å². The number of nitro groups is 1. The Kier molecular flexibility index (Phi) is 2.99. The quantitative estimate of drug-likeness (QED) is 0.685. The van der Waals surface area contributed by atoms with Crippen molar-refractivity contribution in [1.82, 2.24) is 0 Å². The van der Waals surface area contributed by atoms with Crippen LogP contribution in [0.15, 0.2) is 22.7 Å². The highest BCUT2D eigenvalue weighted by Gasteiger charge is 2.38. The number of hydrogen-bond donors (Lipinski definition) is 1. The molecule has 0 saturated heterocycles. The van der Waals surface area contributed by atoms with Crippen molar-refractivity contribution in [1.29, 1.82) is 0 Å². The van der Waals surface area contributed by atoms with Crippen molar-refractivity contribution in [2.45, 2.75) is 24.7 Å². The van der Waals surface area contributed by atoms with Crippen LogP contribution in [-0.4, -0.2) is 11.5 Å². The molecule has 4 nitrogen and oxygen atoms in total. The minimum atomic E-state index is -0.384. The van der Waals surface area contributed by atoms with Crippen molar-refractivity contribution >= 4 is 21.6 Å². The molecule has 0 amide bonds. The van der Waals surface area contributed by atoms with Crippen LogP contribution in [0.25, 0.3) is 0 Å². The Balaban J connectivity index is 2.39. The third kappa shape index (κ3) is 1.74. The van der Waals surface area contributed by atoms with Crippen LogP contribution in [0.2, 0.25) is 0 Å². The lowest BCUT2D eigenvalue weighted by atomic mass is 9.64. The van der Waals surface area contributed by atoms with Gasteiger partial charge in [0.2, 0.25) is 0 Å². The predicted octanol–water partition coefficient (Wildman–Crippen LogP) is 2.74. The Morgan fingerprint density at radius 2 is 2.19 bits per heavy atom. The van der Waals surface area contributed by atoms with Gasteiger partial charge in [-0.25, -0.2) is 0 Å². The summed E-state index contributed by atoms with van der Waals surface area (Å²) < 4.78 is 0.798. The molecule has 86 valence electrons. The summed E-state index contributed by atoms with van der Waals surface area (Å²) in [6, 6.07) is 4.94. The maximum absolute atomic E-state index is 10.6. The summed E-state index contributed by atoms with van der Waals surface area (Å²) >= 11 is 3.41. The second-order valence-corrected chi connectivity index (χ2v) is 5.11. The molecule has 1 aromatic rings. The van der Waals surface area contributed by atoms with Gasteiger partial charge >= 0.3 is 0 Å². The summed E-state index contributed by atoms with van der Waals surface area (Å²) in [6.45, 7) is 0.601. The van der Waals surface area contributed by atoms with E-state index >= 15 is 0 Å². The van der Waals surface area contributed by atoms with Crippen LogP contribution < -0.4 is 5.73 Å². The first-order valence-electron chi connectivity index (χ1n) is 5.23. The molecule has 1 aliphatic carbocycles. The van der Waals surface area contributed by atoms with Gasteiger partial charge in [-0.2, -0.15) is 0 Å². The van der Waals surface area contributed by atoms with Crippen molar-refractivity contribution in [3.05, 3.63) is 38.3 Å². The first-order chi connectivity index (χ1) is 7.59. The Hall–Kier alpha value is -0.940. The summed E-state index contributed by atoms with van der Waals surface area (Å²) in [7, 11) is 0. The summed E-state index contributed by atoms with van der Waals surface area (Å²) in [4.78, 5) is 10.2. The summed E-state index contributed by atoms with van der Waals surface area (Å²) in [5.74, 6) is 0. The van der Waals surface area contributed by atoms with Crippen LogP contribution >= 0.6 is 15.9 Å². The van der Waals surface area contributed by atoms with E-state index in [-0.39, 0.29) is 16.0 Å². The van der Waals surface area contributed by atoms with E-state index in [9.17, 15) is 10.1 Å². The molecule has 2 N–H and O–H groups in total. The fourth-order valence-corrected chi connectivity index (χ4v) is 3.02. The van der Waals surface area contributed by atoms with Crippen LogP contribution in [0.5, 0.6) is 0 Å². The Morgan fingerprint density at radius 1 is 1.50 bits per heavy atom. The van der Waals surface area contributed by atoms with Gasteiger partial charge in [-0.15, -0.1) is 0 Å². The van der Waals surface area contributed by atoms with E-state index in [0.717, 1.165) is 22.9 Å². The summed E-state index contributed by atoms with van der Waals surface area (Å²) in [5.41, 5.74) is 7.07. The lowest BCUT2D eigenvalue weighted by Crippen LogP contribution is -2.41. The van der Waals surface area contributed by atoms with Crippen LogP contribution in [-0.2, 0) is 5.41 Å². The fourth-order valence-electron chi connectivity index (χ4n) is 2.23. The normalized spacial score (nSPS) is 17.9. The van der Waals surface area contributed by atoms with Crippen molar-refractivity contribution in [3.8, 4) is 0 Å². The van der Waals surface area contributed by atoms with Crippen LogP contribution in [0.3, 0.4) is 0 Å². The van der Waals surface area contributed by atoms with Gasteiger partial charge in [0.1, 0.15) is 0 Å². The maximum Gasteiger partial charge on any atom is 0.270 e. The van der Waals surface area contributed by atoms with Gasteiger partial charge < -0.3 is 5.73 Å². The van der Waals surface area contributed by atoms with Crippen molar-refractivity contribution in [2.75, 3.05) is 6.54 Å². The van der Waals surface area contributed by atoms with Gasteiger partial charge in [-0.05, 0) is 18.4 Å². The third-order valence-electron chi connectivity index (χ3n) is 3.44. The Labute approximate surface area is 102 Å². The molecule has 0 heterocycles. The molecule has 1 aromatic carbocycles. The van der Waals surface area contributed by atoms with E-state index in [2.05, 4.69) is 15.9 Å². The second kappa shape index (κ2) is 4.14. The number of nitrogens with zero attached hydrogens (tertiary/aromatic N) is 1. The highest BCUT2D eigenvalue weighted by molar-refractivity contribution is 9.10. The number of nitro benzene ring substituents is 1. The molecule has 5 heteroatoms. The summed E-state index contributed by atoms with van der Waals surface area (Å²) in [6.07, 6.45) is 3.32. The molecule has 0 aromatic heterocycles. The van der Waals surface area contributed by atoms with Gasteiger partial charge in [0.05, 0.1) is 4.92 Å². The first-order valence-corrected chi connectivity index (χ1v) is 6.03. The Bertz CT molecular complexity index is 424. The molecule has 0 radical (unpaired) electrons. The van der Waals surface area contributed by atoms with Crippen LogP contribution in [0.1, 0.15) is 24.8 Å². The Morgan fingerprint density at radius 3 is 2.56 bits per heavy atom. The van der Waals surface area contributed by atoms with E-state index in [4.69, 9.17) is 5.73 Å². The third-order valence-corrected chi connectivity index (χ3v) is 4.09. The number of rotatable bonds is 3. The number of benzene rings is 1. The molecule has 1 fully saturated rings. The molecular formula is C11H13BrN2O2. The average Bonchev–Trinajstić information content (AvgIpc) is 2.19.